The molecule has 0 aliphatic rings. The normalized spacial score (nSPS) is 12.1. The molecular formula is C12H14N4O2S. The minimum absolute atomic E-state index is 0.0610. The molecule has 0 radical (unpaired) electrons. The third-order valence-corrected chi connectivity index (χ3v) is 3.71. The van der Waals surface area contributed by atoms with Gasteiger partial charge >= 0.3 is 5.97 Å². The van der Waals surface area contributed by atoms with Gasteiger partial charge in [-0.3, -0.25) is 0 Å². The van der Waals surface area contributed by atoms with Gasteiger partial charge < -0.3 is 10.4 Å². The molecule has 0 aromatic carbocycles. The highest BCUT2D eigenvalue weighted by Crippen LogP contribution is 2.19. The molecule has 0 aliphatic heterocycles. The van der Waals surface area contributed by atoms with Gasteiger partial charge in [0.1, 0.15) is 5.82 Å². The summed E-state index contributed by atoms with van der Waals surface area (Å²) >= 11 is 1.63. The lowest BCUT2D eigenvalue weighted by Crippen LogP contribution is -2.11. The van der Waals surface area contributed by atoms with Gasteiger partial charge in [0.15, 0.2) is 5.69 Å². The van der Waals surface area contributed by atoms with Crippen molar-refractivity contribution in [1.82, 2.24) is 15.0 Å². The zero-order chi connectivity index (χ0) is 13.8. The number of nitrogens with zero attached hydrogens (tertiary/aromatic N) is 3. The number of aromatic carboxylic acids is 1. The second-order valence-corrected chi connectivity index (χ2v) is 5.09. The molecule has 6 nitrogen and oxygen atoms in total. The Morgan fingerprint density at radius 3 is 2.79 bits per heavy atom. The molecule has 0 amide bonds. The second-order valence-electron chi connectivity index (χ2n) is 4.20. The molecule has 2 aromatic heterocycles. The van der Waals surface area contributed by atoms with Gasteiger partial charge in [0.05, 0.1) is 17.4 Å². The number of carboxylic acid groups (broad SMARTS) is 1. The van der Waals surface area contributed by atoms with Crippen molar-refractivity contribution in [2.24, 2.45) is 0 Å². The molecule has 0 aliphatic carbocycles. The predicted molar refractivity (Wildman–Crippen MR) is 72.7 cm³/mol. The Hall–Kier alpha value is -2.02. The monoisotopic (exact) mass is 278 g/mol. The van der Waals surface area contributed by atoms with Gasteiger partial charge in [0, 0.05) is 23.5 Å². The number of aromatic nitrogens is 3. The molecule has 2 rings (SSSR count). The van der Waals surface area contributed by atoms with Crippen LogP contribution in [-0.4, -0.2) is 32.6 Å². The molecule has 2 N–H and O–H groups in total. The number of hydrogen-bond acceptors (Lipinski definition) is 6. The smallest absolute Gasteiger partial charge is 0.356 e. The zero-order valence-corrected chi connectivity index (χ0v) is 11.4. The number of nitrogens with one attached hydrogen (secondary N) is 1. The summed E-state index contributed by atoms with van der Waals surface area (Å²) < 4.78 is 0. The Kier molecular flexibility index (Phi) is 4.06. The molecule has 2 aromatic rings. The molecule has 0 fully saturated rings. The van der Waals surface area contributed by atoms with E-state index in [4.69, 9.17) is 5.11 Å². The number of hydrogen-bond donors (Lipinski definition) is 2. The van der Waals surface area contributed by atoms with E-state index in [1.807, 2.05) is 12.3 Å². The standard InChI is InChI=1S/C12H14N4O2S/c1-7(11-16-8(2)6-19-11)3-14-10-5-13-9(4-15-10)12(17)18/h4-7H,3H2,1-2H3,(H,14,15)(H,17,18). The summed E-state index contributed by atoms with van der Waals surface area (Å²) in [5, 5.41) is 14.9. The van der Waals surface area contributed by atoms with E-state index in [-0.39, 0.29) is 11.6 Å². The molecule has 0 bridgehead atoms. The highest BCUT2D eigenvalue weighted by molar-refractivity contribution is 7.09. The largest absolute Gasteiger partial charge is 0.476 e. The third-order valence-electron chi connectivity index (χ3n) is 2.52. The Balaban J connectivity index is 1.93. The van der Waals surface area contributed by atoms with Gasteiger partial charge in [0.25, 0.3) is 0 Å². The SMILES string of the molecule is Cc1csc(C(C)CNc2cnc(C(=O)O)cn2)n1. The minimum Gasteiger partial charge on any atom is -0.476 e. The first-order chi connectivity index (χ1) is 9.06. The Morgan fingerprint density at radius 1 is 1.47 bits per heavy atom. The quantitative estimate of drug-likeness (QED) is 0.871. The Bertz CT molecular complexity index is 567. The number of aryl methyl sites for hydroxylation is 1. The third kappa shape index (κ3) is 3.47. The molecule has 0 saturated heterocycles. The average Bonchev–Trinajstić information content (AvgIpc) is 2.83. The van der Waals surface area contributed by atoms with E-state index in [2.05, 4.69) is 27.2 Å². The summed E-state index contributed by atoms with van der Waals surface area (Å²) in [5.74, 6) is -0.254. The van der Waals surface area contributed by atoms with Crippen molar-refractivity contribution in [2.75, 3.05) is 11.9 Å². The van der Waals surface area contributed by atoms with E-state index < -0.39 is 5.97 Å². The number of rotatable bonds is 5. The molecule has 1 atom stereocenters. The summed E-state index contributed by atoms with van der Waals surface area (Å²) in [6, 6.07) is 0. The summed E-state index contributed by atoms with van der Waals surface area (Å²) in [6.07, 6.45) is 2.66. The van der Waals surface area contributed by atoms with Crippen LogP contribution < -0.4 is 5.32 Å². The van der Waals surface area contributed by atoms with Crippen molar-refractivity contribution in [3.8, 4) is 0 Å². The first-order valence-electron chi connectivity index (χ1n) is 5.77. The predicted octanol–water partition coefficient (Wildman–Crippen LogP) is 2.16. The first-order valence-corrected chi connectivity index (χ1v) is 6.65. The van der Waals surface area contributed by atoms with Gasteiger partial charge in [-0.05, 0) is 6.92 Å². The molecule has 2 heterocycles. The lowest BCUT2D eigenvalue weighted by atomic mass is 10.2. The van der Waals surface area contributed by atoms with Crippen LogP contribution in [0.15, 0.2) is 17.8 Å². The number of thiazole rings is 1. The topological polar surface area (TPSA) is 88.0 Å². The van der Waals surface area contributed by atoms with Gasteiger partial charge in [-0.2, -0.15) is 0 Å². The zero-order valence-electron chi connectivity index (χ0n) is 10.6. The number of anilines is 1. The van der Waals surface area contributed by atoms with Crippen molar-refractivity contribution in [3.05, 3.63) is 34.2 Å². The molecular weight excluding hydrogens is 264 g/mol. The fourth-order valence-electron chi connectivity index (χ4n) is 1.47. The van der Waals surface area contributed by atoms with E-state index >= 15 is 0 Å². The summed E-state index contributed by atoms with van der Waals surface area (Å²) in [7, 11) is 0. The summed E-state index contributed by atoms with van der Waals surface area (Å²) in [4.78, 5) is 22.9. The van der Waals surface area contributed by atoms with E-state index in [1.54, 1.807) is 11.3 Å². The average molecular weight is 278 g/mol. The maximum Gasteiger partial charge on any atom is 0.356 e. The lowest BCUT2D eigenvalue weighted by Gasteiger charge is -2.10. The Morgan fingerprint density at radius 2 is 2.26 bits per heavy atom. The van der Waals surface area contributed by atoms with E-state index in [0.717, 1.165) is 10.7 Å². The summed E-state index contributed by atoms with van der Waals surface area (Å²) in [5.41, 5.74) is 0.964. The van der Waals surface area contributed by atoms with E-state index in [1.165, 1.54) is 12.4 Å². The fourth-order valence-corrected chi connectivity index (χ4v) is 2.33. The lowest BCUT2D eigenvalue weighted by molar-refractivity contribution is 0.0690. The van der Waals surface area contributed by atoms with Crippen LogP contribution in [-0.2, 0) is 0 Å². The van der Waals surface area contributed by atoms with Gasteiger partial charge in [-0.25, -0.2) is 19.7 Å². The fraction of sp³-hybridized carbons (Fsp3) is 0.333. The molecule has 7 heteroatoms. The van der Waals surface area contributed by atoms with Gasteiger partial charge in [0.2, 0.25) is 0 Å². The maximum absolute atomic E-state index is 10.6. The summed E-state index contributed by atoms with van der Waals surface area (Å²) in [6.45, 7) is 4.72. The van der Waals surface area contributed by atoms with Crippen molar-refractivity contribution >= 4 is 23.1 Å². The highest BCUT2D eigenvalue weighted by Gasteiger charge is 2.10. The van der Waals surface area contributed by atoms with Gasteiger partial charge in [-0.15, -0.1) is 11.3 Å². The molecule has 19 heavy (non-hydrogen) atoms. The van der Waals surface area contributed by atoms with Crippen LogP contribution in [0.5, 0.6) is 0 Å². The number of carbonyl (C=O) groups is 1. The van der Waals surface area contributed by atoms with Crippen molar-refractivity contribution in [1.29, 1.82) is 0 Å². The van der Waals surface area contributed by atoms with Crippen molar-refractivity contribution < 1.29 is 9.90 Å². The van der Waals surface area contributed by atoms with Gasteiger partial charge in [-0.1, -0.05) is 6.92 Å². The van der Waals surface area contributed by atoms with Crippen LogP contribution in [0.25, 0.3) is 0 Å². The Labute approximate surface area is 114 Å². The first kappa shape index (κ1) is 13.4. The maximum atomic E-state index is 10.6. The molecule has 1 unspecified atom stereocenters. The highest BCUT2D eigenvalue weighted by atomic mass is 32.1. The van der Waals surface area contributed by atoms with Crippen molar-refractivity contribution in [2.45, 2.75) is 19.8 Å². The van der Waals surface area contributed by atoms with E-state index in [9.17, 15) is 4.79 Å². The van der Waals surface area contributed by atoms with Crippen LogP contribution >= 0.6 is 11.3 Å². The molecule has 0 saturated carbocycles. The van der Waals surface area contributed by atoms with Crippen LogP contribution in [0.1, 0.15) is 34.0 Å². The number of carboxylic acids is 1. The molecule has 0 spiro atoms. The van der Waals surface area contributed by atoms with Crippen molar-refractivity contribution in [3.63, 3.8) is 0 Å². The van der Waals surface area contributed by atoms with Crippen LogP contribution in [0.2, 0.25) is 0 Å². The molecule has 100 valence electrons. The van der Waals surface area contributed by atoms with E-state index in [0.29, 0.717) is 12.4 Å². The van der Waals surface area contributed by atoms with Crippen LogP contribution in [0.4, 0.5) is 5.82 Å². The second kappa shape index (κ2) is 5.75. The van der Waals surface area contributed by atoms with Crippen LogP contribution in [0.3, 0.4) is 0 Å². The van der Waals surface area contributed by atoms with Crippen LogP contribution in [0, 0.1) is 6.92 Å². The minimum atomic E-state index is -1.08.